The van der Waals surface area contributed by atoms with E-state index >= 15 is 0 Å². The molecule has 1 aliphatic carbocycles. The number of anilines is 1. The molecule has 2 unspecified atom stereocenters. The molecule has 1 aromatic rings. The van der Waals surface area contributed by atoms with E-state index in [1.54, 1.807) is 23.9 Å². The standard InChI is InChI=1S/C14H23N3O2S2/c1-3-15-14-9-8-11(10-16-14)21(18,19)17-12-6-4-5-7-13(12)20-2/h8-10,12-13,17H,3-7H2,1-2H3,(H,15,16). The molecule has 0 radical (unpaired) electrons. The Balaban J connectivity index is 2.10. The molecule has 1 fully saturated rings. The largest absolute Gasteiger partial charge is 0.370 e. The van der Waals surface area contributed by atoms with Gasteiger partial charge in [0, 0.05) is 24.0 Å². The maximum atomic E-state index is 12.5. The lowest BCUT2D eigenvalue weighted by Crippen LogP contribution is -2.43. The Labute approximate surface area is 131 Å². The van der Waals surface area contributed by atoms with Crippen LogP contribution in [0, 0.1) is 0 Å². The van der Waals surface area contributed by atoms with Crippen LogP contribution >= 0.6 is 11.8 Å². The highest BCUT2D eigenvalue weighted by Crippen LogP contribution is 2.28. The average Bonchev–Trinajstić information content (AvgIpc) is 2.48. The molecule has 2 N–H and O–H groups in total. The number of rotatable bonds is 6. The van der Waals surface area contributed by atoms with Gasteiger partial charge in [0.25, 0.3) is 0 Å². The van der Waals surface area contributed by atoms with Crippen molar-refractivity contribution in [2.75, 3.05) is 18.1 Å². The molecule has 1 saturated carbocycles. The van der Waals surface area contributed by atoms with Crippen LogP contribution in [0.25, 0.3) is 0 Å². The van der Waals surface area contributed by atoms with E-state index in [0.717, 1.165) is 25.8 Å². The third-order valence-corrected chi connectivity index (χ3v) is 6.36. The van der Waals surface area contributed by atoms with Gasteiger partial charge in [-0.25, -0.2) is 18.1 Å². The number of pyridine rings is 1. The molecule has 0 bridgehead atoms. The molecule has 1 aromatic heterocycles. The van der Waals surface area contributed by atoms with Crippen molar-refractivity contribution in [2.45, 2.75) is 48.8 Å². The van der Waals surface area contributed by atoms with Crippen molar-refractivity contribution in [1.82, 2.24) is 9.71 Å². The summed E-state index contributed by atoms with van der Waals surface area (Å²) >= 11 is 1.75. The molecule has 0 amide bonds. The van der Waals surface area contributed by atoms with Crippen LogP contribution in [-0.4, -0.2) is 37.5 Å². The summed E-state index contributed by atoms with van der Waals surface area (Å²) in [6.07, 6.45) is 7.71. The van der Waals surface area contributed by atoms with Crippen molar-refractivity contribution in [3.05, 3.63) is 18.3 Å². The Kier molecular flexibility index (Phi) is 5.89. The Morgan fingerprint density at radius 2 is 2.10 bits per heavy atom. The number of hydrogen-bond acceptors (Lipinski definition) is 5. The van der Waals surface area contributed by atoms with E-state index in [1.165, 1.54) is 12.6 Å². The summed E-state index contributed by atoms with van der Waals surface area (Å²) in [5.41, 5.74) is 0. The zero-order chi connectivity index (χ0) is 15.3. The Bertz CT molecular complexity index is 546. The Hall–Kier alpha value is -0.790. The maximum Gasteiger partial charge on any atom is 0.242 e. The minimum absolute atomic E-state index is 0.0205. The second-order valence-corrected chi connectivity index (χ2v) is 7.99. The second-order valence-electron chi connectivity index (χ2n) is 5.20. The summed E-state index contributed by atoms with van der Waals surface area (Å²) in [5.74, 6) is 0.691. The minimum Gasteiger partial charge on any atom is -0.370 e. The van der Waals surface area contributed by atoms with Gasteiger partial charge < -0.3 is 5.32 Å². The first-order chi connectivity index (χ1) is 10.1. The van der Waals surface area contributed by atoms with Gasteiger partial charge in [-0.1, -0.05) is 12.8 Å². The van der Waals surface area contributed by atoms with Crippen LogP contribution in [0.3, 0.4) is 0 Å². The predicted octanol–water partition coefficient (Wildman–Crippen LogP) is 2.47. The van der Waals surface area contributed by atoms with Crippen LogP contribution in [-0.2, 0) is 10.0 Å². The summed E-state index contributed by atoms with van der Waals surface area (Å²) in [7, 11) is -3.49. The van der Waals surface area contributed by atoms with Gasteiger partial charge in [-0.05, 0) is 38.2 Å². The van der Waals surface area contributed by atoms with Crippen molar-refractivity contribution in [3.8, 4) is 0 Å². The van der Waals surface area contributed by atoms with Gasteiger partial charge in [0.1, 0.15) is 10.7 Å². The van der Waals surface area contributed by atoms with E-state index in [0.29, 0.717) is 11.1 Å². The second kappa shape index (κ2) is 7.47. The van der Waals surface area contributed by atoms with E-state index in [2.05, 4.69) is 15.0 Å². The van der Waals surface area contributed by atoms with E-state index in [1.807, 2.05) is 13.2 Å². The molecule has 0 saturated heterocycles. The topological polar surface area (TPSA) is 71.1 Å². The predicted molar refractivity (Wildman–Crippen MR) is 88.3 cm³/mol. The van der Waals surface area contributed by atoms with Crippen LogP contribution in [0.1, 0.15) is 32.6 Å². The van der Waals surface area contributed by atoms with Gasteiger partial charge in [-0.15, -0.1) is 0 Å². The lowest BCUT2D eigenvalue weighted by Gasteiger charge is -2.30. The monoisotopic (exact) mass is 329 g/mol. The number of thioether (sulfide) groups is 1. The van der Waals surface area contributed by atoms with E-state index in [9.17, 15) is 8.42 Å². The van der Waals surface area contributed by atoms with Gasteiger partial charge >= 0.3 is 0 Å². The molecule has 0 aromatic carbocycles. The summed E-state index contributed by atoms with van der Waals surface area (Å²) in [6, 6.07) is 3.32. The van der Waals surface area contributed by atoms with E-state index in [-0.39, 0.29) is 10.9 Å². The highest BCUT2D eigenvalue weighted by Gasteiger charge is 2.29. The van der Waals surface area contributed by atoms with Crippen molar-refractivity contribution in [1.29, 1.82) is 0 Å². The van der Waals surface area contributed by atoms with Crippen LogP contribution < -0.4 is 10.0 Å². The Morgan fingerprint density at radius 1 is 1.33 bits per heavy atom. The maximum absolute atomic E-state index is 12.5. The minimum atomic E-state index is -3.49. The number of hydrogen-bond donors (Lipinski definition) is 2. The van der Waals surface area contributed by atoms with E-state index in [4.69, 9.17) is 0 Å². The van der Waals surface area contributed by atoms with Crippen molar-refractivity contribution < 1.29 is 8.42 Å². The average molecular weight is 329 g/mol. The smallest absolute Gasteiger partial charge is 0.242 e. The molecule has 118 valence electrons. The van der Waals surface area contributed by atoms with Gasteiger partial charge in [0.2, 0.25) is 10.0 Å². The van der Waals surface area contributed by atoms with Crippen LogP contribution in [0.2, 0.25) is 0 Å². The molecule has 2 atom stereocenters. The fraction of sp³-hybridized carbons (Fsp3) is 0.643. The zero-order valence-corrected chi connectivity index (χ0v) is 14.1. The fourth-order valence-corrected chi connectivity index (χ4v) is 4.88. The van der Waals surface area contributed by atoms with E-state index < -0.39 is 10.0 Å². The highest BCUT2D eigenvalue weighted by atomic mass is 32.2. The van der Waals surface area contributed by atoms with Crippen LogP contribution in [0.15, 0.2) is 23.2 Å². The lowest BCUT2D eigenvalue weighted by atomic mass is 9.96. The highest BCUT2D eigenvalue weighted by molar-refractivity contribution is 7.99. The quantitative estimate of drug-likeness (QED) is 0.839. The first-order valence-electron chi connectivity index (χ1n) is 7.32. The first-order valence-corrected chi connectivity index (χ1v) is 10.1. The normalized spacial score (nSPS) is 23.0. The SMILES string of the molecule is CCNc1ccc(S(=O)(=O)NC2CCCCC2SC)cn1. The van der Waals surface area contributed by atoms with Gasteiger partial charge in [-0.2, -0.15) is 11.8 Å². The number of aromatic nitrogens is 1. The van der Waals surface area contributed by atoms with Crippen LogP contribution in [0.5, 0.6) is 0 Å². The van der Waals surface area contributed by atoms with Gasteiger partial charge in [0.05, 0.1) is 0 Å². The summed E-state index contributed by atoms with van der Waals surface area (Å²) in [4.78, 5) is 4.36. The molecule has 1 heterocycles. The zero-order valence-electron chi connectivity index (χ0n) is 12.5. The molecule has 7 heteroatoms. The summed E-state index contributed by atoms with van der Waals surface area (Å²) in [6.45, 7) is 2.73. The van der Waals surface area contributed by atoms with Crippen molar-refractivity contribution in [2.24, 2.45) is 0 Å². The van der Waals surface area contributed by atoms with Gasteiger partial charge in [0.15, 0.2) is 0 Å². The molecule has 0 spiro atoms. The molecular weight excluding hydrogens is 306 g/mol. The van der Waals surface area contributed by atoms with Crippen molar-refractivity contribution in [3.63, 3.8) is 0 Å². The first kappa shape index (κ1) is 16.6. The molecule has 5 nitrogen and oxygen atoms in total. The third kappa shape index (κ3) is 4.34. The third-order valence-electron chi connectivity index (χ3n) is 3.72. The van der Waals surface area contributed by atoms with Gasteiger partial charge in [-0.3, -0.25) is 0 Å². The fourth-order valence-electron chi connectivity index (χ4n) is 2.61. The molecule has 2 rings (SSSR count). The summed E-state index contributed by atoms with van der Waals surface area (Å²) in [5, 5.41) is 3.42. The lowest BCUT2D eigenvalue weighted by molar-refractivity contribution is 0.423. The number of sulfonamides is 1. The van der Waals surface area contributed by atoms with Crippen molar-refractivity contribution >= 4 is 27.6 Å². The number of nitrogens with one attached hydrogen (secondary N) is 2. The Morgan fingerprint density at radius 3 is 2.71 bits per heavy atom. The number of nitrogens with zero attached hydrogens (tertiary/aromatic N) is 1. The molecule has 0 aliphatic heterocycles. The summed E-state index contributed by atoms with van der Waals surface area (Å²) < 4.78 is 27.8. The molecule has 21 heavy (non-hydrogen) atoms. The molecule has 1 aliphatic rings. The molecular formula is C14H23N3O2S2. The van der Waals surface area contributed by atoms with Crippen LogP contribution in [0.4, 0.5) is 5.82 Å².